The second-order valence-electron chi connectivity index (χ2n) is 8.05. The highest BCUT2D eigenvalue weighted by molar-refractivity contribution is 5.79. The molecule has 4 bridgehead atoms. The molecule has 0 saturated carbocycles. The van der Waals surface area contributed by atoms with Gasteiger partial charge in [-0.25, -0.2) is 9.50 Å². The zero-order valence-corrected chi connectivity index (χ0v) is 18.1. The highest BCUT2D eigenvalue weighted by Gasteiger charge is 2.13. The van der Waals surface area contributed by atoms with Crippen molar-refractivity contribution in [1.82, 2.24) is 19.5 Å². The van der Waals surface area contributed by atoms with Gasteiger partial charge in [-0.3, -0.25) is 0 Å². The van der Waals surface area contributed by atoms with Gasteiger partial charge in [-0.05, 0) is 43.0 Å². The van der Waals surface area contributed by atoms with Crippen molar-refractivity contribution in [3.63, 3.8) is 0 Å². The van der Waals surface area contributed by atoms with Crippen molar-refractivity contribution < 1.29 is 0 Å². The molecule has 1 aromatic carbocycles. The monoisotopic (exact) mass is 404 g/mol. The predicted molar refractivity (Wildman–Crippen MR) is 125 cm³/mol. The van der Waals surface area contributed by atoms with Gasteiger partial charge in [0.05, 0.1) is 6.20 Å². The van der Waals surface area contributed by atoms with E-state index in [1.807, 2.05) is 23.0 Å². The Balaban J connectivity index is 1.65. The molecule has 6 heteroatoms. The maximum absolute atomic E-state index is 4.85. The second-order valence-corrected chi connectivity index (χ2v) is 8.05. The van der Waals surface area contributed by atoms with E-state index >= 15 is 0 Å². The van der Waals surface area contributed by atoms with E-state index in [1.54, 1.807) is 0 Å². The molecule has 0 unspecified atom stereocenters. The third-order valence-electron chi connectivity index (χ3n) is 5.84. The third kappa shape index (κ3) is 4.42. The Bertz CT molecular complexity index is 1010. The molecule has 1 aliphatic rings. The molecule has 0 aliphatic carbocycles. The standard InChI is InChI=1S/C24H32N6/c1-4-5-8-19(2)29-14-7-13-28(3)21-10-6-9-20(17-21)22-18-26-30-15-11-23(25-12-16-29)27-24(22)30/h6,9-11,15,17-18H,2,4-5,7-8,12-14,16H2,1,3H3,(H,25,27). The summed E-state index contributed by atoms with van der Waals surface area (Å²) < 4.78 is 1.84. The number of allylic oxidation sites excluding steroid dienone is 1. The summed E-state index contributed by atoms with van der Waals surface area (Å²) in [7, 11) is 2.17. The maximum atomic E-state index is 4.85. The number of aromatic nitrogens is 3. The fraction of sp³-hybridized carbons (Fsp3) is 0.417. The van der Waals surface area contributed by atoms with E-state index in [0.29, 0.717) is 0 Å². The molecule has 4 rings (SSSR count). The third-order valence-corrected chi connectivity index (χ3v) is 5.84. The number of hydrogen-bond donors (Lipinski definition) is 1. The molecule has 0 fully saturated rings. The van der Waals surface area contributed by atoms with Gasteiger partial charge in [-0.15, -0.1) is 0 Å². The summed E-state index contributed by atoms with van der Waals surface area (Å²) in [4.78, 5) is 9.63. The summed E-state index contributed by atoms with van der Waals surface area (Å²) in [5, 5.41) is 7.99. The van der Waals surface area contributed by atoms with Crippen molar-refractivity contribution in [3.8, 4) is 11.1 Å². The molecule has 6 nitrogen and oxygen atoms in total. The largest absolute Gasteiger partial charge is 0.375 e. The van der Waals surface area contributed by atoms with Crippen LogP contribution < -0.4 is 10.2 Å². The minimum atomic E-state index is 0.835. The molecule has 0 spiro atoms. The van der Waals surface area contributed by atoms with Crippen LogP contribution in [0.15, 0.2) is 55.0 Å². The SMILES string of the molecule is C=C(CCCC)N1CCCN(C)c2cccc(c2)-c2cnn3ccc(nc23)NCC1. The molecular formula is C24H32N6. The molecule has 0 amide bonds. The van der Waals surface area contributed by atoms with Crippen LogP contribution in [0.25, 0.3) is 16.8 Å². The molecule has 3 heterocycles. The number of nitrogens with one attached hydrogen (secondary N) is 1. The summed E-state index contributed by atoms with van der Waals surface area (Å²) in [6.45, 7) is 10.4. The summed E-state index contributed by atoms with van der Waals surface area (Å²) in [6, 6.07) is 10.6. The van der Waals surface area contributed by atoms with E-state index < -0.39 is 0 Å². The first-order valence-electron chi connectivity index (χ1n) is 11.0. The van der Waals surface area contributed by atoms with Crippen molar-refractivity contribution in [1.29, 1.82) is 0 Å². The first kappa shape index (κ1) is 20.3. The molecule has 30 heavy (non-hydrogen) atoms. The van der Waals surface area contributed by atoms with Crippen LogP contribution in [-0.2, 0) is 0 Å². The summed E-state index contributed by atoms with van der Waals surface area (Å²) in [5.74, 6) is 0.881. The van der Waals surface area contributed by atoms with E-state index in [1.165, 1.54) is 24.2 Å². The predicted octanol–water partition coefficient (Wildman–Crippen LogP) is 4.65. The van der Waals surface area contributed by atoms with Crippen LogP contribution in [0.3, 0.4) is 0 Å². The Labute approximate surface area is 179 Å². The fourth-order valence-electron chi connectivity index (χ4n) is 4.00. The Morgan fingerprint density at radius 2 is 2.10 bits per heavy atom. The Kier molecular flexibility index (Phi) is 6.21. The first-order chi connectivity index (χ1) is 14.7. The van der Waals surface area contributed by atoms with Crippen LogP contribution in [0, 0.1) is 0 Å². The number of rotatable bonds is 4. The van der Waals surface area contributed by atoms with Crippen molar-refractivity contribution in [2.75, 3.05) is 43.4 Å². The quantitative estimate of drug-likeness (QED) is 0.686. The normalized spacial score (nSPS) is 15.0. The van der Waals surface area contributed by atoms with E-state index in [2.05, 4.69) is 65.0 Å². The van der Waals surface area contributed by atoms with Gasteiger partial charge >= 0.3 is 0 Å². The van der Waals surface area contributed by atoms with E-state index in [9.17, 15) is 0 Å². The number of unbranched alkanes of at least 4 members (excludes halogenated alkanes) is 1. The van der Waals surface area contributed by atoms with Gasteiger partial charge in [0, 0.05) is 56.4 Å². The molecule has 0 saturated heterocycles. The minimum Gasteiger partial charge on any atom is -0.375 e. The zero-order valence-electron chi connectivity index (χ0n) is 18.1. The van der Waals surface area contributed by atoms with Crippen LogP contribution in [-0.4, -0.2) is 52.7 Å². The lowest BCUT2D eigenvalue weighted by molar-refractivity contribution is 0.339. The van der Waals surface area contributed by atoms with Gasteiger partial charge in [0.25, 0.3) is 0 Å². The number of nitrogens with zero attached hydrogens (tertiary/aromatic N) is 5. The van der Waals surface area contributed by atoms with E-state index in [-0.39, 0.29) is 0 Å². The lowest BCUT2D eigenvalue weighted by Gasteiger charge is -2.28. The lowest BCUT2D eigenvalue weighted by atomic mass is 10.1. The average molecular weight is 405 g/mol. The molecule has 0 atom stereocenters. The maximum Gasteiger partial charge on any atom is 0.165 e. The van der Waals surface area contributed by atoms with Crippen molar-refractivity contribution in [2.45, 2.75) is 32.6 Å². The fourth-order valence-corrected chi connectivity index (χ4v) is 4.00. The first-order valence-corrected chi connectivity index (χ1v) is 11.0. The van der Waals surface area contributed by atoms with Gasteiger partial charge in [0.1, 0.15) is 5.82 Å². The smallest absolute Gasteiger partial charge is 0.165 e. The Hall–Kier alpha value is -3.02. The number of anilines is 2. The van der Waals surface area contributed by atoms with Gasteiger partial charge in [0.2, 0.25) is 0 Å². The van der Waals surface area contributed by atoms with Gasteiger partial charge in [0.15, 0.2) is 5.65 Å². The van der Waals surface area contributed by atoms with Crippen molar-refractivity contribution in [3.05, 3.63) is 55.0 Å². The minimum absolute atomic E-state index is 0.835. The lowest BCUT2D eigenvalue weighted by Crippen LogP contribution is -2.31. The van der Waals surface area contributed by atoms with E-state index in [4.69, 9.17) is 4.98 Å². The van der Waals surface area contributed by atoms with E-state index in [0.717, 1.165) is 61.6 Å². The van der Waals surface area contributed by atoms with Crippen LogP contribution in [0.5, 0.6) is 0 Å². The average Bonchev–Trinajstić information content (AvgIpc) is 3.19. The summed E-state index contributed by atoms with van der Waals surface area (Å²) in [6.07, 6.45) is 8.43. The molecule has 1 N–H and O–H groups in total. The molecule has 0 radical (unpaired) electrons. The molecular weight excluding hydrogens is 372 g/mol. The number of fused-ring (bicyclic) bond motifs is 4. The molecule has 2 aromatic heterocycles. The topological polar surface area (TPSA) is 48.7 Å². The summed E-state index contributed by atoms with van der Waals surface area (Å²) >= 11 is 0. The Morgan fingerprint density at radius 3 is 2.97 bits per heavy atom. The van der Waals surface area contributed by atoms with Gasteiger partial charge in [-0.1, -0.05) is 32.1 Å². The Morgan fingerprint density at radius 1 is 1.20 bits per heavy atom. The highest BCUT2D eigenvalue weighted by atomic mass is 15.3. The van der Waals surface area contributed by atoms with Crippen LogP contribution >= 0.6 is 0 Å². The molecule has 1 aliphatic heterocycles. The molecule has 3 aromatic rings. The van der Waals surface area contributed by atoms with Gasteiger partial charge in [-0.2, -0.15) is 5.10 Å². The van der Waals surface area contributed by atoms with Crippen molar-refractivity contribution >= 4 is 17.2 Å². The van der Waals surface area contributed by atoms with Gasteiger partial charge < -0.3 is 15.1 Å². The zero-order chi connectivity index (χ0) is 20.9. The summed E-state index contributed by atoms with van der Waals surface area (Å²) in [5.41, 5.74) is 5.53. The molecule has 158 valence electrons. The second kappa shape index (κ2) is 9.20. The number of hydrogen-bond acceptors (Lipinski definition) is 5. The van der Waals surface area contributed by atoms with Crippen LogP contribution in [0.1, 0.15) is 32.6 Å². The number of benzene rings is 1. The van der Waals surface area contributed by atoms with Crippen LogP contribution in [0.4, 0.5) is 11.5 Å². The van der Waals surface area contributed by atoms with Crippen molar-refractivity contribution in [2.24, 2.45) is 0 Å². The van der Waals surface area contributed by atoms with Crippen LogP contribution in [0.2, 0.25) is 0 Å². The highest BCUT2D eigenvalue weighted by Crippen LogP contribution is 2.28.